The van der Waals surface area contributed by atoms with Crippen LogP contribution in [0.2, 0.25) is 0 Å². The average molecular weight is 191 g/mol. The number of aryl methyl sites for hydroxylation is 1. The second-order valence-corrected chi connectivity index (χ2v) is 3.72. The molecular formula is C11H11OS+. The van der Waals surface area contributed by atoms with E-state index in [-0.39, 0.29) is 0 Å². The molecule has 0 amide bonds. The highest BCUT2D eigenvalue weighted by Gasteiger charge is 2.16. The number of hydrogen-bond donors (Lipinski definition) is 0. The van der Waals surface area contributed by atoms with Gasteiger partial charge in [0.2, 0.25) is 0 Å². The molecular weight excluding hydrogens is 180 g/mol. The third-order valence-corrected chi connectivity index (χ3v) is 2.84. The summed E-state index contributed by atoms with van der Waals surface area (Å²) in [7, 11) is 0. The van der Waals surface area contributed by atoms with Crippen molar-refractivity contribution < 1.29 is 4.42 Å². The molecule has 13 heavy (non-hydrogen) atoms. The Morgan fingerprint density at radius 3 is 2.62 bits per heavy atom. The quantitative estimate of drug-likeness (QED) is 0.656. The summed E-state index contributed by atoms with van der Waals surface area (Å²) in [5.41, 5.74) is 1.15. The zero-order chi connectivity index (χ0) is 9.10. The van der Waals surface area contributed by atoms with Crippen molar-refractivity contribution in [2.24, 2.45) is 0 Å². The molecule has 0 aliphatic rings. The van der Waals surface area contributed by atoms with E-state index in [1.807, 2.05) is 18.2 Å². The summed E-state index contributed by atoms with van der Waals surface area (Å²) in [6.07, 6.45) is 0.970. The van der Waals surface area contributed by atoms with Gasteiger partial charge in [-0.2, -0.15) is 4.42 Å². The molecule has 1 heterocycles. The molecule has 0 saturated carbocycles. The van der Waals surface area contributed by atoms with Gasteiger partial charge in [0.15, 0.2) is 0 Å². The van der Waals surface area contributed by atoms with E-state index in [0.29, 0.717) is 0 Å². The standard InChI is InChI=1S/C11H11OS/c1-2-11-12-10(8-13-11)9-6-4-3-5-7-9/h3-8H,2H2,1H3/q+1. The van der Waals surface area contributed by atoms with Crippen LogP contribution < -0.4 is 0 Å². The van der Waals surface area contributed by atoms with Gasteiger partial charge in [0.25, 0.3) is 0 Å². The van der Waals surface area contributed by atoms with E-state index in [9.17, 15) is 0 Å². The van der Waals surface area contributed by atoms with E-state index < -0.39 is 0 Å². The Morgan fingerprint density at radius 2 is 2.00 bits per heavy atom. The van der Waals surface area contributed by atoms with E-state index in [0.717, 1.165) is 22.8 Å². The zero-order valence-corrected chi connectivity index (χ0v) is 8.30. The lowest BCUT2D eigenvalue weighted by Crippen LogP contribution is -1.71. The van der Waals surface area contributed by atoms with E-state index >= 15 is 0 Å². The van der Waals surface area contributed by atoms with E-state index in [4.69, 9.17) is 4.42 Å². The smallest absolute Gasteiger partial charge is 0.200 e. The van der Waals surface area contributed by atoms with Gasteiger partial charge in [-0.1, -0.05) is 25.1 Å². The van der Waals surface area contributed by atoms with Crippen LogP contribution in [-0.2, 0) is 6.42 Å². The molecule has 2 heteroatoms. The monoisotopic (exact) mass is 191 g/mol. The second-order valence-electron chi connectivity index (χ2n) is 2.79. The number of benzene rings is 1. The van der Waals surface area contributed by atoms with Gasteiger partial charge < -0.3 is 0 Å². The van der Waals surface area contributed by atoms with Crippen LogP contribution in [0.5, 0.6) is 0 Å². The molecule has 0 aliphatic carbocycles. The summed E-state index contributed by atoms with van der Waals surface area (Å²) < 4.78 is 5.64. The summed E-state index contributed by atoms with van der Waals surface area (Å²) in [4.78, 5) is 0. The maximum atomic E-state index is 5.64. The molecule has 0 saturated heterocycles. The Labute approximate surface area is 81.7 Å². The van der Waals surface area contributed by atoms with Crippen LogP contribution in [0.1, 0.15) is 12.0 Å². The van der Waals surface area contributed by atoms with Crippen LogP contribution in [0, 0.1) is 0 Å². The lowest BCUT2D eigenvalue weighted by atomic mass is 10.2. The minimum absolute atomic E-state index is 0.970. The van der Waals surface area contributed by atoms with Gasteiger partial charge in [-0.15, -0.1) is 0 Å². The Balaban J connectivity index is 2.36. The van der Waals surface area contributed by atoms with Crippen molar-refractivity contribution in [2.75, 3.05) is 0 Å². The number of rotatable bonds is 2. The SMILES string of the molecule is CCc1[o+]c(-c2ccccc2)cs1. The molecule has 1 aromatic carbocycles. The molecule has 1 nitrogen and oxygen atoms in total. The minimum Gasteiger partial charge on any atom is -0.200 e. The van der Waals surface area contributed by atoms with E-state index in [2.05, 4.69) is 24.4 Å². The highest BCUT2D eigenvalue weighted by molar-refractivity contribution is 7.09. The first-order valence-electron chi connectivity index (χ1n) is 4.36. The topological polar surface area (TPSA) is 11.3 Å². The minimum atomic E-state index is 0.970. The van der Waals surface area contributed by atoms with Crippen molar-refractivity contribution in [1.82, 2.24) is 0 Å². The van der Waals surface area contributed by atoms with Crippen molar-refractivity contribution in [2.45, 2.75) is 13.3 Å². The lowest BCUT2D eigenvalue weighted by molar-refractivity contribution is 0.539. The largest absolute Gasteiger partial charge is 0.385 e. The molecule has 66 valence electrons. The maximum Gasteiger partial charge on any atom is 0.385 e. The Morgan fingerprint density at radius 1 is 1.23 bits per heavy atom. The van der Waals surface area contributed by atoms with Crippen LogP contribution in [0.15, 0.2) is 40.1 Å². The van der Waals surface area contributed by atoms with Crippen molar-refractivity contribution in [3.63, 3.8) is 0 Å². The van der Waals surface area contributed by atoms with E-state index in [1.54, 1.807) is 11.3 Å². The molecule has 0 aliphatic heterocycles. The molecule has 1 aromatic heterocycles. The van der Waals surface area contributed by atoms with Crippen LogP contribution in [0.25, 0.3) is 11.3 Å². The fraction of sp³-hybridized carbons (Fsp3) is 0.182. The molecule has 0 atom stereocenters. The molecule has 0 bridgehead atoms. The van der Waals surface area contributed by atoms with Crippen molar-refractivity contribution in [3.8, 4) is 11.3 Å². The first kappa shape index (κ1) is 8.45. The normalized spacial score (nSPS) is 10.2. The van der Waals surface area contributed by atoms with Crippen molar-refractivity contribution in [1.29, 1.82) is 0 Å². The van der Waals surface area contributed by atoms with Crippen molar-refractivity contribution >= 4 is 11.3 Å². The van der Waals surface area contributed by atoms with Gasteiger partial charge in [0, 0.05) is 0 Å². The van der Waals surface area contributed by atoms with Crippen LogP contribution in [-0.4, -0.2) is 0 Å². The Kier molecular flexibility index (Phi) is 2.41. The molecule has 0 spiro atoms. The predicted octanol–water partition coefficient (Wildman–Crippen LogP) is 3.85. The zero-order valence-electron chi connectivity index (χ0n) is 7.49. The fourth-order valence-corrected chi connectivity index (χ4v) is 1.90. The molecule has 0 fully saturated rings. The Hall–Kier alpha value is -1.15. The van der Waals surface area contributed by atoms with Crippen molar-refractivity contribution in [3.05, 3.63) is 40.8 Å². The fourth-order valence-electron chi connectivity index (χ4n) is 1.17. The molecule has 0 radical (unpaired) electrons. The van der Waals surface area contributed by atoms with Crippen LogP contribution in [0.3, 0.4) is 0 Å². The summed E-state index contributed by atoms with van der Waals surface area (Å²) in [5.74, 6) is 0.974. The summed E-state index contributed by atoms with van der Waals surface area (Å²) in [5, 5.41) is 3.15. The summed E-state index contributed by atoms with van der Waals surface area (Å²) in [6.45, 7) is 2.10. The lowest BCUT2D eigenvalue weighted by Gasteiger charge is -1.84. The summed E-state index contributed by atoms with van der Waals surface area (Å²) >= 11 is 1.68. The highest BCUT2D eigenvalue weighted by atomic mass is 32.1. The van der Waals surface area contributed by atoms with Gasteiger partial charge >= 0.3 is 10.8 Å². The third kappa shape index (κ3) is 1.78. The predicted molar refractivity (Wildman–Crippen MR) is 55.8 cm³/mol. The third-order valence-electron chi connectivity index (χ3n) is 1.87. The molecule has 2 aromatic rings. The first-order chi connectivity index (χ1) is 6.40. The molecule has 2 rings (SSSR count). The average Bonchev–Trinajstić information content (AvgIpc) is 2.67. The van der Waals surface area contributed by atoms with Gasteiger partial charge in [-0.05, 0) is 23.5 Å². The van der Waals surface area contributed by atoms with E-state index in [1.165, 1.54) is 0 Å². The van der Waals surface area contributed by atoms with Gasteiger partial charge in [0.05, 0.1) is 12.0 Å². The van der Waals surface area contributed by atoms with Gasteiger partial charge in [-0.3, -0.25) is 0 Å². The molecule has 0 unspecified atom stereocenters. The van der Waals surface area contributed by atoms with Crippen LogP contribution >= 0.6 is 11.3 Å². The van der Waals surface area contributed by atoms with Gasteiger partial charge in [0.1, 0.15) is 5.38 Å². The first-order valence-corrected chi connectivity index (χ1v) is 5.24. The molecule has 0 N–H and O–H groups in total. The maximum absolute atomic E-state index is 5.64. The Bertz CT molecular complexity index is 378. The van der Waals surface area contributed by atoms with Crippen LogP contribution in [0.4, 0.5) is 0 Å². The van der Waals surface area contributed by atoms with Gasteiger partial charge in [-0.25, -0.2) is 0 Å². The summed E-state index contributed by atoms with van der Waals surface area (Å²) in [6, 6.07) is 10.2. The number of hydrogen-bond acceptors (Lipinski definition) is 1. The highest BCUT2D eigenvalue weighted by Crippen LogP contribution is 2.25. The second kappa shape index (κ2) is 3.71.